The molecule has 1 N–H and O–H groups in total. The van der Waals surface area contributed by atoms with E-state index in [1.807, 2.05) is 30.3 Å². The van der Waals surface area contributed by atoms with E-state index in [-0.39, 0.29) is 17.0 Å². The summed E-state index contributed by atoms with van der Waals surface area (Å²) in [5, 5.41) is 3.26. The number of fused-ring (bicyclic) bond motifs is 2. The molecule has 7 nitrogen and oxygen atoms in total. The van der Waals surface area contributed by atoms with Crippen molar-refractivity contribution in [3.05, 3.63) is 75.8 Å². The van der Waals surface area contributed by atoms with Crippen LogP contribution < -0.4 is 10.9 Å². The van der Waals surface area contributed by atoms with Gasteiger partial charge in [-0.3, -0.25) is 14.2 Å². The van der Waals surface area contributed by atoms with Crippen molar-refractivity contribution in [3.63, 3.8) is 0 Å². The standard InChI is InChI=1S/C23H23N3O4/c1-15(21(27)24-12-11-16-6-3-2-4-7-16)30-23(29)17-9-10-18-19(14-17)25-20-8-5-13-26(20)22(18)28/h2-4,6-7,9-10,14-15H,5,8,11-13H2,1H3,(H,24,27)/t15-/m0/s1. The first-order valence-corrected chi connectivity index (χ1v) is 10.1. The van der Waals surface area contributed by atoms with Crippen LogP contribution in [0.3, 0.4) is 0 Å². The largest absolute Gasteiger partial charge is 0.449 e. The maximum absolute atomic E-state index is 12.5. The van der Waals surface area contributed by atoms with Gasteiger partial charge in [0.05, 0.1) is 16.5 Å². The number of esters is 1. The molecule has 30 heavy (non-hydrogen) atoms. The number of carbonyl (C=O) groups is 2. The molecule has 4 rings (SSSR count). The van der Waals surface area contributed by atoms with Crippen LogP contribution in [0, 0.1) is 0 Å². The second-order valence-electron chi connectivity index (χ2n) is 7.39. The van der Waals surface area contributed by atoms with Crippen molar-refractivity contribution in [2.45, 2.75) is 38.8 Å². The molecule has 0 spiro atoms. The summed E-state index contributed by atoms with van der Waals surface area (Å²) in [6, 6.07) is 14.5. The number of benzene rings is 2. The zero-order chi connectivity index (χ0) is 21.1. The van der Waals surface area contributed by atoms with Crippen molar-refractivity contribution in [2.75, 3.05) is 6.54 Å². The van der Waals surface area contributed by atoms with E-state index in [1.165, 1.54) is 13.0 Å². The highest BCUT2D eigenvalue weighted by atomic mass is 16.5. The summed E-state index contributed by atoms with van der Waals surface area (Å²) in [5.41, 5.74) is 1.77. The van der Waals surface area contributed by atoms with E-state index in [1.54, 1.807) is 16.7 Å². The van der Waals surface area contributed by atoms with Gasteiger partial charge in [0, 0.05) is 19.5 Å². The Morgan fingerprint density at radius 2 is 2.00 bits per heavy atom. The van der Waals surface area contributed by atoms with E-state index in [0.717, 1.165) is 24.2 Å². The lowest BCUT2D eigenvalue weighted by Crippen LogP contribution is -2.36. The van der Waals surface area contributed by atoms with E-state index in [9.17, 15) is 14.4 Å². The van der Waals surface area contributed by atoms with Crippen LogP contribution in [0.5, 0.6) is 0 Å². The molecule has 0 saturated carbocycles. The van der Waals surface area contributed by atoms with E-state index < -0.39 is 12.1 Å². The van der Waals surface area contributed by atoms with E-state index >= 15 is 0 Å². The minimum absolute atomic E-state index is 0.0846. The van der Waals surface area contributed by atoms with E-state index in [4.69, 9.17) is 4.74 Å². The van der Waals surface area contributed by atoms with Gasteiger partial charge in [0.1, 0.15) is 5.82 Å². The fourth-order valence-electron chi connectivity index (χ4n) is 3.61. The van der Waals surface area contributed by atoms with Gasteiger partial charge in [0.25, 0.3) is 11.5 Å². The number of hydrogen-bond acceptors (Lipinski definition) is 5. The average Bonchev–Trinajstić information content (AvgIpc) is 3.23. The number of nitrogens with zero attached hydrogens (tertiary/aromatic N) is 2. The first kappa shape index (κ1) is 19.8. The number of aromatic nitrogens is 2. The van der Waals surface area contributed by atoms with Crippen LogP contribution in [-0.2, 0) is 28.9 Å². The second kappa shape index (κ2) is 8.49. The quantitative estimate of drug-likeness (QED) is 0.636. The summed E-state index contributed by atoms with van der Waals surface area (Å²) in [4.78, 5) is 41.8. The number of aryl methyl sites for hydroxylation is 1. The monoisotopic (exact) mass is 405 g/mol. The maximum Gasteiger partial charge on any atom is 0.338 e. The first-order chi connectivity index (χ1) is 14.5. The van der Waals surface area contributed by atoms with Gasteiger partial charge in [-0.05, 0) is 43.5 Å². The summed E-state index contributed by atoms with van der Waals surface area (Å²) in [5.74, 6) is -0.233. The maximum atomic E-state index is 12.5. The number of amides is 1. The van der Waals surface area contributed by atoms with Gasteiger partial charge in [-0.15, -0.1) is 0 Å². The molecule has 0 bridgehead atoms. The third kappa shape index (κ3) is 4.10. The molecule has 0 saturated heterocycles. The molecule has 3 aromatic rings. The highest BCUT2D eigenvalue weighted by Gasteiger charge is 2.21. The van der Waals surface area contributed by atoms with Gasteiger partial charge in [0.15, 0.2) is 6.10 Å². The zero-order valence-electron chi connectivity index (χ0n) is 16.8. The van der Waals surface area contributed by atoms with Crippen molar-refractivity contribution in [1.29, 1.82) is 0 Å². The number of ether oxygens (including phenoxy) is 1. The fourth-order valence-corrected chi connectivity index (χ4v) is 3.61. The van der Waals surface area contributed by atoms with Crippen molar-refractivity contribution < 1.29 is 14.3 Å². The molecule has 1 atom stereocenters. The van der Waals surface area contributed by atoms with Crippen molar-refractivity contribution in [2.24, 2.45) is 0 Å². The molecule has 0 radical (unpaired) electrons. The van der Waals surface area contributed by atoms with Gasteiger partial charge in [0.2, 0.25) is 0 Å². The van der Waals surface area contributed by atoms with Crippen LogP contribution in [-0.4, -0.2) is 34.1 Å². The number of rotatable bonds is 6. The number of hydrogen-bond donors (Lipinski definition) is 1. The van der Waals surface area contributed by atoms with Gasteiger partial charge >= 0.3 is 5.97 Å². The van der Waals surface area contributed by atoms with Gasteiger partial charge in [-0.25, -0.2) is 9.78 Å². The van der Waals surface area contributed by atoms with Crippen LogP contribution >= 0.6 is 0 Å². The Kier molecular flexibility index (Phi) is 5.61. The summed E-state index contributed by atoms with van der Waals surface area (Å²) in [6.07, 6.45) is 1.41. The van der Waals surface area contributed by atoms with Crippen LogP contribution in [0.2, 0.25) is 0 Å². The minimum atomic E-state index is -0.928. The molecule has 7 heteroatoms. The number of carbonyl (C=O) groups excluding carboxylic acids is 2. The molecular formula is C23H23N3O4. The number of nitrogens with one attached hydrogen (secondary N) is 1. The molecule has 0 aliphatic carbocycles. The predicted octanol–water partition coefficient (Wildman–Crippen LogP) is 2.25. The van der Waals surface area contributed by atoms with E-state index in [0.29, 0.717) is 30.4 Å². The third-order valence-corrected chi connectivity index (χ3v) is 5.26. The van der Waals surface area contributed by atoms with Crippen molar-refractivity contribution >= 4 is 22.8 Å². The normalized spacial score (nSPS) is 13.6. The Hall–Kier alpha value is -3.48. The first-order valence-electron chi connectivity index (χ1n) is 10.1. The topological polar surface area (TPSA) is 90.3 Å². The lowest BCUT2D eigenvalue weighted by atomic mass is 10.1. The second-order valence-corrected chi connectivity index (χ2v) is 7.39. The molecule has 0 unspecified atom stereocenters. The Morgan fingerprint density at radius 3 is 2.80 bits per heavy atom. The molecule has 1 amide bonds. The summed E-state index contributed by atoms with van der Waals surface area (Å²) >= 11 is 0. The van der Waals surface area contributed by atoms with E-state index in [2.05, 4.69) is 10.3 Å². The van der Waals surface area contributed by atoms with Crippen LogP contribution in [0.15, 0.2) is 53.3 Å². The Balaban J connectivity index is 1.39. The van der Waals surface area contributed by atoms with Crippen molar-refractivity contribution in [3.8, 4) is 0 Å². The molecule has 1 aliphatic rings. The Morgan fingerprint density at radius 1 is 1.20 bits per heavy atom. The lowest BCUT2D eigenvalue weighted by molar-refractivity contribution is -0.129. The molecule has 2 aromatic carbocycles. The smallest absolute Gasteiger partial charge is 0.338 e. The molecule has 154 valence electrons. The van der Waals surface area contributed by atoms with Gasteiger partial charge in [-0.1, -0.05) is 30.3 Å². The molecule has 1 aliphatic heterocycles. The van der Waals surface area contributed by atoms with Gasteiger partial charge < -0.3 is 10.1 Å². The Bertz CT molecular complexity index is 1150. The summed E-state index contributed by atoms with van der Waals surface area (Å²) in [7, 11) is 0. The summed E-state index contributed by atoms with van der Waals surface area (Å²) in [6.45, 7) is 2.67. The molecule has 1 aromatic heterocycles. The lowest BCUT2D eigenvalue weighted by Gasteiger charge is -2.14. The Labute approximate surface area is 173 Å². The van der Waals surface area contributed by atoms with Crippen LogP contribution in [0.1, 0.15) is 35.1 Å². The molecular weight excluding hydrogens is 382 g/mol. The fraction of sp³-hybridized carbons (Fsp3) is 0.304. The molecule has 0 fully saturated rings. The SMILES string of the molecule is C[C@H](OC(=O)c1ccc2c(=O)n3c(nc2c1)CCC3)C(=O)NCCc1ccccc1. The highest BCUT2D eigenvalue weighted by Crippen LogP contribution is 2.17. The summed E-state index contributed by atoms with van der Waals surface area (Å²) < 4.78 is 6.99. The zero-order valence-corrected chi connectivity index (χ0v) is 16.8. The third-order valence-electron chi connectivity index (χ3n) is 5.26. The predicted molar refractivity (Wildman–Crippen MR) is 112 cm³/mol. The van der Waals surface area contributed by atoms with Crippen molar-refractivity contribution in [1.82, 2.24) is 14.9 Å². The van der Waals surface area contributed by atoms with Gasteiger partial charge in [-0.2, -0.15) is 0 Å². The average molecular weight is 405 g/mol. The molecule has 2 heterocycles. The highest BCUT2D eigenvalue weighted by molar-refractivity contribution is 5.95. The van der Waals surface area contributed by atoms with Crippen LogP contribution in [0.4, 0.5) is 0 Å². The minimum Gasteiger partial charge on any atom is -0.449 e. The van der Waals surface area contributed by atoms with Crippen LogP contribution in [0.25, 0.3) is 10.9 Å².